The fourth-order valence-corrected chi connectivity index (χ4v) is 7.25. The summed E-state index contributed by atoms with van der Waals surface area (Å²) < 4.78 is 0. The molecule has 0 heterocycles. The summed E-state index contributed by atoms with van der Waals surface area (Å²) in [5, 5.41) is 31.4. The standard InChI is InChI=1S/C19H32O3/c1-18-7-5-11(20)9-15(18)16(21)10-12-13-3-4-17(22)19(13,2)8-6-14(12)18/h11-17,20-22H,3-10H2,1-2H3/t11-,12-,13+,14+,15+,16+,17-,18+,19-/m0/s1. The molecule has 0 radical (unpaired) electrons. The van der Waals surface area contributed by atoms with Crippen molar-refractivity contribution >= 4 is 0 Å². The Morgan fingerprint density at radius 2 is 1.41 bits per heavy atom. The van der Waals surface area contributed by atoms with Gasteiger partial charge in [-0.2, -0.15) is 0 Å². The van der Waals surface area contributed by atoms with Crippen LogP contribution in [-0.4, -0.2) is 33.6 Å². The molecule has 0 saturated heterocycles. The van der Waals surface area contributed by atoms with Crippen molar-refractivity contribution in [2.45, 2.75) is 83.5 Å². The van der Waals surface area contributed by atoms with Gasteiger partial charge in [0.05, 0.1) is 18.3 Å². The van der Waals surface area contributed by atoms with Crippen LogP contribution in [0.3, 0.4) is 0 Å². The van der Waals surface area contributed by atoms with Crippen LogP contribution in [0.15, 0.2) is 0 Å². The van der Waals surface area contributed by atoms with E-state index in [1.54, 1.807) is 0 Å². The molecule has 3 nitrogen and oxygen atoms in total. The Morgan fingerprint density at radius 3 is 2.18 bits per heavy atom. The van der Waals surface area contributed by atoms with Crippen LogP contribution >= 0.6 is 0 Å². The van der Waals surface area contributed by atoms with Crippen molar-refractivity contribution in [3.05, 3.63) is 0 Å². The highest BCUT2D eigenvalue weighted by Crippen LogP contribution is 2.66. The Balaban J connectivity index is 1.66. The molecule has 0 aromatic heterocycles. The maximum Gasteiger partial charge on any atom is 0.0596 e. The van der Waals surface area contributed by atoms with Gasteiger partial charge in [-0.15, -0.1) is 0 Å². The van der Waals surface area contributed by atoms with Crippen LogP contribution < -0.4 is 0 Å². The topological polar surface area (TPSA) is 60.7 Å². The zero-order chi connectivity index (χ0) is 15.7. The lowest BCUT2D eigenvalue weighted by atomic mass is 9.44. The van der Waals surface area contributed by atoms with E-state index in [1.165, 1.54) is 6.42 Å². The zero-order valence-electron chi connectivity index (χ0n) is 14.0. The Morgan fingerprint density at radius 1 is 0.727 bits per heavy atom. The number of hydrogen-bond acceptors (Lipinski definition) is 3. The molecule has 4 fully saturated rings. The van der Waals surface area contributed by atoms with E-state index in [9.17, 15) is 15.3 Å². The molecule has 126 valence electrons. The molecular weight excluding hydrogens is 276 g/mol. The second-order valence-corrected chi connectivity index (χ2v) is 9.36. The molecule has 0 spiro atoms. The molecule has 22 heavy (non-hydrogen) atoms. The molecule has 4 saturated carbocycles. The molecule has 3 heteroatoms. The number of hydrogen-bond donors (Lipinski definition) is 3. The van der Waals surface area contributed by atoms with Crippen LogP contribution in [0.1, 0.15) is 65.2 Å². The van der Waals surface area contributed by atoms with Crippen LogP contribution in [-0.2, 0) is 0 Å². The summed E-state index contributed by atoms with van der Waals surface area (Å²) in [4.78, 5) is 0. The maximum absolute atomic E-state index is 10.8. The highest BCUT2D eigenvalue weighted by atomic mass is 16.3. The second kappa shape index (κ2) is 4.94. The Kier molecular flexibility index (Phi) is 3.46. The summed E-state index contributed by atoms with van der Waals surface area (Å²) in [5.41, 5.74) is 0.273. The highest BCUT2D eigenvalue weighted by Gasteiger charge is 2.61. The maximum atomic E-state index is 10.8. The minimum absolute atomic E-state index is 0.0816. The predicted octanol–water partition coefficient (Wildman–Crippen LogP) is 2.72. The average molecular weight is 308 g/mol. The van der Waals surface area contributed by atoms with Gasteiger partial charge in [0, 0.05) is 0 Å². The van der Waals surface area contributed by atoms with E-state index < -0.39 is 0 Å². The average Bonchev–Trinajstić information content (AvgIpc) is 2.77. The molecule has 0 amide bonds. The quantitative estimate of drug-likeness (QED) is 0.645. The molecular formula is C19H32O3. The van der Waals surface area contributed by atoms with Gasteiger partial charge in [-0.05, 0) is 85.9 Å². The van der Waals surface area contributed by atoms with Crippen molar-refractivity contribution in [2.24, 2.45) is 34.5 Å². The normalized spacial score (nSPS) is 61.2. The third kappa shape index (κ3) is 1.91. The Bertz CT molecular complexity index is 452. The van der Waals surface area contributed by atoms with Gasteiger partial charge in [-0.1, -0.05) is 13.8 Å². The Hall–Kier alpha value is -0.120. The van der Waals surface area contributed by atoms with E-state index in [4.69, 9.17) is 0 Å². The van der Waals surface area contributed by atoms with E-state index in [-0.39, 0.29) is 35.1 Å². The number of aliphatic hydroxyl groups is 3. The van der Waals surface area contributed by atoms with E-state index in [0.717, 1.165) is 44.9 Å². The van der Waals surface area contributed by atoms with Crippen LogP contribution in [0.4, 0.5) is 0 Å². The summed E-state index contributed by atoms with van der Waals surface area (Å²) in [6.07, 6.45) is 7.42. The van der Waals surface area contributed by atoms with Gasteiger partial charge in [0.2, 0.25) is 0 Å². The monoisotopic (exact) mass is 308 g/mol. The molecule has 0 aliphatic heterocycles. The number of fused-ring (bicyclic) bond motifs is 5. The number of rotatable bonds is 0. The van der Waals surface area contributed by atoms with E-state index in [0.29, 0.717) is 17.8 Å². The van der Waals surface area contributed by atoms with Crippen molar-refractivity contribution in [1.29, 1.82) is 0 Å². The van der Waals surface area contributed by atoms with Crippen molar-refractivity contribution in [3.8, 4) is 0 Å². The van der Waals surface area contributed by atoms with Gasteiger partial charge in [-0.3, -0.25) is 0 Å². The summed E-state index contributed by atoms with van der Waals surface area (Å²) in [5.74, 6) is 2.10. The van der Waals surface area contributed by atoms with E-state index >= 15 is 0 Å². The van der Waals surface area contributed by atoms with Crippen molar-refractivity contribution in [3.63, 3.8) is 0 Å². The highest BCUT2D eigenvalue weighted by molar-refractivity contribution is 5.11. The lowest BCUT2D eigenvalue weighted by molar-refractivity contribution is -0.174. The van der Waals surface area contributed by atoms with Gasteiger partial charge < -0.3 is 15.3 Å². The minimum Gasteiger partial charge on any atom is -0.393 e. The van der Waals surface area contributed by atoms with Crippen molar-refractivity contribution < 1.29 is 15.3 Å². The predicted molar refractivity (Wildman–Crippen MR) is 85.1 cm³/mol. The third-order valence-corrected chi connectivity index (χ3v) is 8.60. The smallest absolute Gasteiger partial charge is 0.0596 e. The van der Waals surface area contributed by atoms with Crippen LogP contribution in [0.2, 0.25) is 0 Å². The Labute approximate surface area is 134 Å². The first kappa shape index (κ1) is 15.4. The zero-order valence-corrected chi connectivity index (χ0v) is 14.0. The summed E-state index contributed by atoms with van der Waals surface area (Å²) in [6.45, 7) is 4.68. The van der Waals surface area contributed by atoms with E-state index in [1.807, 2.05) is 0 Å². The first-order chi connectivity index (χ1) is 10.4. The molecule has 4 aliphatic rings. The van der Waals surface area contributed by atoms with Gasteiger partial charge in [0.25, 0.3) is 0 Å². The SMILES string of the molecule is C[C@]12CC[C@H](O)C[C@@H]1[C@H](O)C[C@@H]1[C@H]2CC[C@@]2(C)[C@@H]1CC[C@@H]2O. The summed E-state index contributed by atoms with van der Waals surface area (Å²) >= 11 is 0. The minimum atomic E-state index is -0.263. The summed E-state index contributed by atoms with van der Waals surface area (Å²) in [7, 11) is 0. The molecule has 0 aromatic rings. The van der Waals surface area contributed by atoms with Gasteiger partial charge in [0.1, 0.15) is 0 Å². The lowest BCUT2D eigenvalue weighted by Crippen LogP contribution is -2.58. The van der Waals surface area contributed by atoms with Gasteiger partial charge >= 0.3 is 0 Å². The first-order valence-corrected chi connectivity index (χ1v) is 9.40. The molecule has 3 N–H and O–H groups in total. The van der Waals surface area contributed by atoms with Gasteiger partial charge in [0.15, 0.2) is 0 Å². The summed E-state index contributed by atoms with van der Waals surface area (Å²) in [6, 6.07) is 0. The van der Waals surface area contributed by atoms with Crippen LogP contribution in [0.5, 0.6) is 0 Å². The number of aliphatic hydroxyl groups excluding tert-OH is 3. The van der Waals surface area contributed by atoms with Crippen LogP contribution in [0.25, 0.3) is 0 Å². The molecule has 4 aliphatic carbocycles. The fraction of sp³-hybridized carbons (Fsp3) is 1.00. The fourth-order valence-electron chi connectivity index (χ4n) is 7.25. The first-order valence-electron chi connectivity index (χ1n) is 9.40. The molecule has 0 bridgehead atoms. The van der Waals surface area contributed by atoms with Crippen LogP contribution in [0, 0.1) is 34.5 Å². The molecule has 0 unspecified atom stereocenters. The van der Waals surface area contributed by atoms with Crippen molar-refractivity contribution in [1.82, 2.24) is 0 Å². The second-order valence-electron chi connectivity index (χ2n) is 9.36. The van der Waals surface area contributed by atoms with Gasteiger partial charge in [-0.25, -0.2) is 0 Å². The third-order valence-electron chi connectivity index (χ3n) is 8.60. The largest absolute Gasteiger partial charge is 0.393 e. The van der Waals surface area contributed by atoms with Crippen molar-refractivity contribution in [2.75, 3.05) is 0 Å². The molecule has 9 atom stereocenters. The molecule has 0 aromatic carbocycles. The lowest BCUT2D eigenvalue weighted by Gasteiger charge is -2.61. The van der Waals surface area contributed by atoms with E-state index in [2.05, 4.69) is 13.8 Å². The molecule has 4 rings (SSSR count).